The van der Waals surface area contributed by atoms with Crippen LogP contribution in [0.2, 0.25) is 0 Å². The Morgan fingerprint density at radius 2 is 1.77 bits per heavy atom. The third-order valence-corrected chi connectivity index (χ3v) is 7.55. The van der Waals surface area contributed by atoms with Crippen LogP contribution in [-0.4, -0.2) is 17.4 Å². The molecule has 6 heteroatoms. The summed E-state index contributed by atoms with van der Waals surface area (Å²) in [6, 6.07) is 18.7. The number of benzene rings is 2. The molecule has 0 fully saturated rings. The molecule has 0 bridgehead atoms. The number of fused-ring (bicyclic) bond motifs is 1. The molecule has 148 valence electrons. The molecular weight excluding hydrogens is 412 g/mol. The molecule has 0 amide bonds. The Bertz CT molecular complexity index is 1430. The summed E-state index contributed by atoms with van der Waals surface area (Å²) in [6.45, 7) is 1.94. The van der Waals surface area contributed by atoms with Gasteiger partial charge in [-0.3, -0.25) is 4.98 Å². The van der Waals surface area contributed by atoms with E-state index in [4.69, 9.17) is 0 Å². The molecule has 0 N–H and O–H groups in total. The van der Waals surface area contributed by atoms with E-state index in [-0.39, 0.29) is 4.90 Å². The van der Waals surface area contributed by atoms with Crippen LogP contribution in [0.25, 0.3) is 33.2 Å². The number of rotatable bonds is 4. The van der Waals surface area contributed by atoms with E-state index in [1.807, 2.05) is 48.7 Å². The third kappa shape index (κ3) is 3.14. The van der Waals surface area contributed by atoms with Crippen molar-refractivity contribution in [2.75, 3.05) is 0 Å². The summed E-state index contributed by atoms with van der Waals surface area (Å²) in [7, 11) is -3.74. The molecular formula is C24H18N2O2S2. The molecule has 30 heavy (non-hydrogen) atoms. The number of aryl methyl sites for hydroxylation is 1. The molecule has 0 radical (unpaired) electrons. The van der Waals surface area contributed by atoms with E-state index in [0.29, 0.717) is 5.52 Å². The summed E-state index contributed by atoms with van der Waals surface area (Å²) in [6.07, 6.45) is 5.17. The predicted molar refractivity (Wildman–Crippen MR) is 122 cm³/mol. The second kappa shape index (κ2) is 7.23. The van der Waals surface area contributed by atoms with Gasteiger partial charge in [0.15, 0.2) is 0 Å². The maximum absolute atomic E-state index is 13.5. The van der Waals surface area contributed by atoms with E-state index in [9.17, 15) is 8.42 Å². The van der Waals surface area contributed by atoms with Crippen molar-refractivity contribution in [3.63, 3.8) is 0 Å². The van der Waals surface area contributed by atoms with Crippen molar-refractivity contribution < 1.29 is 8.42 Å². The lowest BCUT2D eigenvalue weighted by molar-refractivity contribution is 0.589. The lowest BCUT2D eigenvalue weighted by Gasteiger charge is -2.08. The smallest absolute Gasteiger partial charge is 0.264 e. The second-order valence-corrected chi connectivity index (χ2v) is 9.74. The van der Waals surface area contributed by atoms with Crippen molar-refractivity contribution in [2.24, 2.45) is 0 Å². The van der Waals surface area contributed by atoms with Crippen LogP contribution >= 0.6 is 11.3 Å². The normalized spacial score (nSPS) is 11.8. The van der Waals surface area contributed by atoms with Gasteiger partial charge in [-0.05, 0) is 65.2 Å². The van der Waals surface area contributed by atoms with Gasteiger partial charge < -0.3 is 0 Å². The van der Waals surface area contributed by atoms with Gasteiger partial charge in [0.2, 0.25) is 0 Å². The number of hydrogen-bond donors (Lipinski definition) is 0. The van der Waals surface area contributed by atoms with Gasteiger partial charge in [0.25, 0.3) is 10.0 Å². The largest absolute Gasteiger partial charge is 0.268 e. The molecule has 0 aliphatic heterocycles. The Labute approximate surface area is 179 Å². The summed E-state index contributed by atoms with van der Waals surface area (Å²) in [5.41, 5.74) is 5.55. The topological polar surface area (TPSA) is 52.0 Å². The average molecular weight is 431 g/mol. The molecule has 3 heterocycles. The summed E-state index contributed by atoms with van der Waals surface area (Å²) < 4.78 is 28.3. The lowest BCUT2D eigenvalue weighted by Crippen LogP contribution is -2.11. The molecule has 0 aliphatic carbocycles. The fraction of sp³-hybridized carbons (Fsp3) is 0.0417. The van der Waals surface area contributed by atoms with E-state index >= 15 is 0 Å². The van der Waals surface area contributed by atoms with Gasteiger partial charge >= 0.3 is 0 Å². The van der Waals surface area contributed by atoms with E-state index in [1.54, 1.807) is 42.1 Å². The quantitative estimate of drug-likeness (QED) is 0.353. The molecule has 0 saturated carbocycles. The summed E-state index contributed by atoms with van der Waals surface area (Å²) in [5, 5.41) is 5.00. The Kier molecular flexibility index (Phi) is 4.53. The number of pyridine rings is 1. The minimum atomic E-state index is -3.74. The molecule has 2 aromatic carbocycles. The van der Waals surface area contributed by atoms with Gasteiger partial charge in [-0.1, -0.05) is 29.8 Å². The van der Waals surface area contributed by atoms with Crippen LogP contribution in [0.4, 0.5) is 0 Å². The van der Waals surface area contributed by atoms with Crippen molar-refractivity contribution >= 4 is 32.3 Å². The molecule has 0 unspecified atom stereocenters. The maximum atomic E-state index is 13.5. The lowest BCUT2D eigenvalue weighted by atomic mass is 10.0. The average Bonchev–Trinajstić information content (AvgIpc) is 3.43. The van der Waals surface area contributed by atoms with Crippen molar-refractivity contribution in [1.82, 2.24) is 8.96 Å². The number of nitrogens with zero attached hydrogens (tertiary/aromatic N) is 2. The first-order valence-electron chi connectivity index (χ1n) is 9.44. The fourth-order valence-corrected chi connectivity index (χ4v) is 5.62. The minimum absolute atomic E-state index is 0.268. The van der Waals surface area contributed by atoms with Crippen LogP contribution in [0, 0.1) is 6.92 Å². The molecule has 0 atom stereocenters. The van der Waals surface area contributed by atoms with Gasteiger partial charge in [0.05, 0.1) is 10.4 Å². The van der Waals surface area contributed by atoms with Crippen molar-refractivity contribution in [3.8, 4) is 22.3 Å². The summed E-state index contributed by atoms with van der Waals surface area (Å²) in [5.74, 6) is 0. The third-order valence-electron chi connectivity index (χ3n) is 5.18. The first-order valence-corrected chi connectivity index (χ1v) is 11.8. The zero-order chi connectivity index (χ0) is 20.7. The molecule has 4 nitrogen and oxygen atoms in total. The summed E-state index contributed by atoms with van der Waals surface area (Å²) >= 11 is 1.64. The van der Waals surface area contributed by atoms with Crippen LogP contribution < -0.4 is 0 Å². The highest BCUT2D eigenvalue weighted by atomic mass is 32.2. The second-order valence-electron chi connectivity index (χ2n) is 7.14. The standard InChI is InChI=1S/C24H18N2O2S2/c1-17-4-7-21(8-5-17)30(27,28)26-15-23(19-3-2-11-25-14-19)22-13-18(6-9-24(22)26)20-10-12-29-16-20/h2-16H,1H3. The molecule has 0 aliphatic rings. The molecule has 0 spiro atoms. The van der Waals surface area contributed by atoms with Gasteiger partial charge in [-0.15, -0.1) is 0 Å². The molecule has 0 saturated heterocycles. The van der Waals surface area contributed by atoms with Crippen LogP contribution in [0.3, 0.4) is 0 Å². The summed E-state index contributed by atoms with van der Waals surface area (Å²) in [4.78, 5) is 4.49. The Morgan fingerprint density at radius 1 is 0.933 bits per heavy atom. The van der Waals surface area contributed by atoms with Crippen molar-refractivity contribution in [3.05, 3.63) is 95.6 Å². The van der Waals surface area contributed by atoms with Gasteiger partial charge in [0, 0.05) is 35.1 Å². The molecule has 5 rings (SSSR count). The number of hydrogen-bond acceptors (Lipinski definition) is 4. The number of thiophene rings is 1. The Morgan fingerprint density at radius 3 is 2.47 bits per heavy atom. The van der Waals surface area contributed by atoms with Crippen LogP contribution in [0.5, 0.6) is 0 Å². The Balaban J connectivity index is 1.78. The van der Waals surface area contributed by atoms with E-state index in [1.165, 1.54) is 3.97 Å². The SMILES string of the molecule is Cc1ccc(S(=O)(=O)n2cc(-c3cccnc3)c3cc(-c4ccsc4)ccc32)cc1. The first-order chi connectivity index (χ1) is 14.5. The molecule has 5 aromatic rings. The van der Waals surface area contributed by atoms with Crippen molar-refractivity contribution in [1.29, 1.82) is 0 Å². The van der Waals surface area contributed by atoms with Crippen LogP contribution in [-0.2, 0) is 10.0 Å². The molecule has 3 aromatic heterocycles. The highest BCUT2D eigenvalue weighted by Crippen LogP contribution is 2.36. The predicted octanol–water partition coefficient (Wildman–Crippen LogP) is 5.98. The zero-order valence-electron chi connectivity index (χ0n) is 16.2. The van der Waals surface area contributed by atoms with E-state index in [2.05, 4.69) is 22.5 Å². The highest BCUT2D eigenvalue weighted by Gasteiger charge is 2.22. The van der Waals surface area contributed by atoms with Crippen molar-refractivity contribution in [2.45, 2.75) is 11.8 Å². The Hall–Kier alpha value is -3.22. The van der Waals surface area contributed by atoms with Crippen LogP contribution in [0.1, 0.15) is 5.56 Å². The minimum Gasteiger partial charge on any atom is -0.264 e. The van der Waals surface area contributed by atoms with Gasteiger partial charge in [-0.2, -0.15) is 11.3 Å². The first kappa shape index (κ1) is 18.8. The van der Waals surface area contributed by atoms with Gasteiger partial charge in [-0.25, -0.2) is 12.4 Å². The van der Waals surface area contributed by atoms with E-state index in [0.717, 1.165) is 33.2 Å². The maximum Gasteiger partial charge on any atom is 0.268 e. The fourth-order valence-electron chi connectivity index (χ4n) is 3.58. The number of aromatic nitrogens is 2. The monoisotopic (exact) mass is 430 g/mol. The zero-order valence-corrected chi connectivity index (χ0v) is 17.8. The van der Waals surface area contributed by atoms with Gasteiger partial charge in [0.1, 0.15) is 0 Å². The van der Waals surface area contributed by atoms with E-state index < -0.39 is 10.0 Å². The highest BCUT2D eigenvalue weighted by molar-refractivity contribution is 7.90. The van der Waals surface area contributed by atoms with Crippen LogP contribution in [0.15, 0.2) is 94.9 Å².